The summed E-state index contributed by atoms with van der Waals surface area (Å²) in [5.74, 6) is 2.27. The Hall–Kier alpha value is -3.07. The lowest BCUT2D eigenvalue weighted by Crippen LogP contribution is -2.11. The number of rotatable bonds is 6. The van der Waals surface area contributed by atoms with Crippen molar-refractivity contribution >= 4 is 22.4 Å². The predicted molar refractivity (Wildman–Crippen MR) is 93.7 cm³/mol. The van der Waals surface area contributed by atoms with E-state index in [2.05, 4.69) is 15.5 Å². The molecule has 1 aliphatic rings. The fourth-order valence-corrected chi connectivity index (χ4v) is 3.18. The lowest BCUT2D eigenvalue weighted by molar-refractivity contribution is -0.116. The van der Waals surface area contributed by atoms with Crippen LogP contribution in [0.25, 0.3) is 11.3 Å². The highest BCUT2D eigenvalue weighted by molar-refractivity contribution is 7.14. The summed E-state index contributed by atoms with van der Waals surface area (Å²) in [5.41, 5.74) is 1.67. The van der Waals surface area contributed by atoms with Crippen molar-refractivity contribution in [3.63, 3.8) is 0 Å². The summed E-state index contributed by atoms with van der Waals surface area (Å²) in [5, 5.41) is 8.92. The zero-order valence-corrected chi connectivity index (χ0v) is 14.7. The van der Waals surface area contributed by atoms with Crippen molar-refractivity contribution < 1.29 is 23.5 Å². The molecular weight excluding hydrogens is 358 g/mol. The summed E-state index contributed by atoms with van der Waals surface area (Å²) in [6.07, 6.45) is 0.694. The molecule has 0 aliphatic carbocycles. The first-order chi connectivity index (χ1) is 12.7. The number of anilines is 1. The molecule has 134 valence electrons. The van der Waals surface area contributed by atoms with E-state index in [-0.39, 0.29) is 19.1 Å². The number of amides is 1. The van der Waals surface area contributed by atoms with Gasteiger partial charge in [-0.05, 0) is 23.4 Å². The summed E-state index contributed by atoms with van der Waals surface area (Å²) in [6.45, 7) is 0.230. The Balaban J connectivity index is 1.36. The van der Waals surface area contributed by atoms with Gasteiger partial charge in [0, 0.05) is 29.9 Å². The van der Waals surface area contributed by atoms with Gasteiger partial charge < -0.3 is 24.1 Å². The highest BCUT2D eigenvalue weighted by Crippen LogP contribution is 2.36. The standard InChI is InChI=1S/C17H15N3O5S/c1-22-16-7-11(25-20-16)3-5-15(21)19-17-18-12(8-26-17)10-2-4-13-14(6-10)24-9-23-13/h2,4,6-8H,3,5,9H2,1H3,(H,18,19,21). The highest BCUT2D eigenvalue weighted by Gasteiger charge is 2.16. The van der Waals surface area contributed by atoms with Gasteiger partial charge in [-0.3, -0.25) is 4.79 Å². The normalized spacial score (nSPS) is 12.2. The Kier molecular flexibility index (Phi) is 4.44. The van der Waals surface area contributed by atoms with E-state index in [1.165, 1.54) is 18.4 Å². The first kappa shape index (κ1) is 16.4. The number of fused-ring (bicyclic) bond motifs is 1. The second-order valence-electron chi connectivity index (χ2n) is 5.49. The number of nitrogens with zero attached hydrogens (tertiary/aromatic N) is 2. The summed E-state index contributed by atoms with van der Waals surface area (Å²) in [4.78, 5) is 16.5. The van der Waals surface area contributed by atoms with Crippen molar-refractivity contribution in [1.29, 1.82) is 0 Å². The summed E-state index contributed by atoms with van der Waals surface area (Å²) >= 11 is 1.36. The third kappa shape index (κ3) is 3.47. The quantitative estimate of drug-likeness (QED) is 0.709. The maximum atomic E-state index is 12.1. The number of nitrogens with one attached hydrogen (secondary N) is 1. The van der Waals surface area contributed by atoms with Crippen LogP contribution in [0.4, 0.5) is 5.13 Å². The molecular formula is C17H15N3O5S. The number of thiazole rings is 1. The Bertz CT molecular complexity index is 936. The second-order valence-corrected chi connectivity index (χ2v) is 6.35. The molecule has 3 aromatic rings. The third-order valence-electron chi connectivity index (χ3n) is 3.76. The van der Waals surface area contributed by atoms with E-state index in [0.717, 1.165) is 17.0 Å². The van der Waals surface area contributed by atoms with E-state index in [0.29, 0.717) is 28.9 Å². The molecule has 1 aromatic carbocycles. The molecule has 0 unspecified atom stereocenters. The van der Waals surface area contributed by atoms with E-state index in [1.54, 1.807) is 6.07 Å². The molecule has 26 heavy (non-hydrogen) atoms. The Labute approximate surface area is 152 Å². The maximum Gasteiger partial charge on any atom is 0.254 e. The van der Waals surface area contributed by atoms with Gasteiger partial charge in [-0.15, -0.1) is 11.3 Å². The average molecular weight is 373 g/mol. The fraction of sp³-hybridized carbons (Fsp3) is 0.235. The van der Waals surface area contributed by atoms with Crippen molar-refractivity contribution in [3.05, 3.63) is 35.4 Å². The van der Waals surface area contributed by atoms with Crippen molar-refractivity contribution in [3.8, 4) is 28.6 Å². The molecule has 0 saturated carbocycles. The molecule has 1 aliphatic heterocycles. The molecule has 0 spiro atoms. The first-order valence-corrected chi connectivity index (χ1v) is 8.74. The number of aromatic nitrogens is 2. The molecule has 0 bridgehead atoms. The molecule has 9 heteroatoms. The van der Waals surface area contributed by atoms with Crippen molar-refractivity contribution in [2.45, 2.75) is 12.8 Å². The molecule has 0 saturated heterocycles. The van der Waals surface area contributed by atoms with Crippen LogP contribution in [0.5, 0.6) is 17.4 Å². The van der Waals surface area contributed by atoms with Gasteiger partial charge in [-0.1, -0.05) is 0 Å². The lowest BCUT2D eigenvalue weighted by Gasteiger charge is -2.01. The molecule has 4 rings (SSSR count). The fourth-order valence-electron chi connectivity index (χ4n) is 2.45. The predicted octanol–water partition coefficient (Wildman–Crippen LogP) is 3.11. The zero-order chi connectivity index (χ0) is 17.9. The van der Waals surface area contributed by atoms with Gasteiger partial charge in [0.1, 0.15) is 5.76 Å². The van der Waals surface area contributed by atoms with Gasteiger partial charge in [0.05, 0.1) is 12.8 Å². The largest absolute Gasteiger partial charge is 0.479 e. The van der Waals surface area contributed by atoms with Crippen LogP contribution in [0, 0.1) is 0 Å². The smallest absolute Gasteiger partial charge is 0.254 e. The van der Waals surface area contributed by atoms with E-state index < -0.39 is 0 Å². The van der Waals surface area contributed by atoms with Gasteiger partial charge in [0.15, 0.2) is 16.6 Å². The third-order valence-corrected chi connectivity index (χ3v) is 4.52. The van der Waals surface area contributed by atoms with Gasteiger partial charge in [-0.2, -0.15) is 0 Å². The van der Waals surface area contributed by atoms with Crippen molar-refractivity contribution in [2.75, 3.05) is 19.2 Å². The van der Waals surface area contributed by atoms with E-state index in [4.69, 9.17) is 18.7 Å². The van der Waals surface area contributed by atoms with E-state index >= 15 is 0 Å². The van der Waals surface area contributed by atoms with Gasteiger partial charge in [0.25, 0.3) is 5.88 Å². The van der Waals surface area contributed by atoms with Gasteiger partial charge in [-0.25, -0.2) is 4.98 Å². The van der Waals surface area contributed by atoms with Crippen molar-refractivity contribution in [1.82, 2.24) is 10.1 Å². The number of carbonyl (C=O) groups excluding carboxylic acids is 1. The molecule has 0 fully saturated rings. The molecule has 0 atom stereocenters. The lowest BCUT2D eigenvalue weighted by atomic mass is 10.1. The molecule has 1 amide bonds. The minimum absolute atomic E-state index is 0.146. The number of methoxy groups -OCH3 is 1. The number of ether oxygens (including phenoxy) is 3. The van der Waals surface area contributed by atoms with Crippen LogP contribution in [0.3, 0.4) is 0 Å². The van der Waals surface area contributed by atoms with E-state index in [9.17, 15) is 4.79 Å². The van der Waals surface area contributed by atoms with Crippen LogP contribution in [0.15, 0.2) is 34.2 Å². The van der Waals surface area contributed by atoms with Crippen LogP contribution in [0.1, 0.15) is 12.2 Å². The zero-order valence-electron chi connectivity index (χ0n) is 13.9. The SMILES string of the molecule is COc1cc(CCC(=O)Nc2nc(-c3ccc4c(c3)OCO4)cs2)on1. The topological polar surface area (TPSA) is 95.7 Å². The number of benzene rings is 1. The minimum atomic E-state index is -0.146. The van der Waals surface area contributed by atoms with Crippen molar-refractivity contribution in [2.24, 2.45) is 0 Å². The Morgan fingerprint density at radius 2 is 2.19 bits per heavy atom. The van der Waals surface area contributed by atoms with Crippen LogP contribution in [-0.4, -0.2) is 30.0 Å². The minimum Gasteiger partial charge on any atom is -0.479 e. The Morgan fingerprint density at radius 1 is 1.31 bits per heavy atom. The summed E-state index contributed by atoms with van der Waals surface area (Å²) in [7, 11) is 1.51. The van der Waals surface area contributed by atoms with Crippen LogP contribution < -0.4 is 19.5 Å². The van der Waals surface area contributed by atoms with Gasteiger partial charge in [0.2, 0.25) is 12.7 Å². The highest BCUT2D eigenvalue weighted by atomic mass is 32.1. The van der Waals surface area contributed by atoms with Crippen LogP contribution in [0.2, 0.25) is 0 Å². The van der Waals surface area contributed by atoms with Crippen LogP contribution in [-0.2, 0) is 11.2 Å². The molecule has 1 N–H and O–H groups in total. The van der Waals surface area contributed by atoms with Crippen LogP contribution >= 0.6 is 11.3 Å². The van der Waals surface area contributed by atoms with Gasteiger partial charge >= 0.3 is 0 Å². The summed E-state index contributed by atoms with van der Waals surface area (Å²) < 4.78 is 20.7. The number of hydrogen-bond acceptors (Lipinski definition) is 8. The average Bonchev–Trinajstić information content (AvgIpc) is 3.39. The molecule has 2 aromatic heterocycles. The monoisotopic (exact) mass is 373 g/mol. The maximum absolute atomic E-state index is 12.1. The number of carbonyl (C=O) groups is 1. The van der Waals surface area contributed by atoms with E-state index in [1.807, 2.05) is 23.6 Å². The molecule has 0 radical (unpaired) electrons. The number of aryl methyl sites for hydroxylation is 1. The molecule has 3 heterocycles. The number of hydrogen-bond donors (Lipinski definition) is 1. The second kappa shape index (κ2) is 7.04. The summed E-state index contributed by atoms with van der Waals surface area (Å²) in [6, 6.07) is 7.29. The molecule has 8 nitrogen and oxygen atoms in total. The Morgan fingerprint density at radius 3 is 3.04 bits per heavy atom. The first-order valence-electron chi connectivity index (χ1n) is 7.86.